The molecule has 2 N–H and O–H groups in total. The zero-order chi connectivity index (χ0) is 19.5. The van der Waals surface area contributed by atoms with Gasteiger partial charge in [0.25, 0.3) is 0 Å². The molecular formula is C23H33NO2. The second-order valence-corrected chi connectivity index (χ2v) is 6.31. The largest absolute Gasteiger partial charge is 0.389 e. The second-order valence-electron chi connectivity index (χ2n) is 6.31. The first-order valence-corrected chi connectivity index (χ1v) is 9.11. The third kappa shape index (κ3) is 19.7. The summed E-state index contributed by atoms with van der Waals surface area (Å²) in [6.45, 7) is 5.64. The molecule has 0 unspecified atom stereocenters. The van der Waals surface area contributed by atoms with Gasteiger partial charge in [0.15, 0.2) is 0 Å². The van der Waals surface area contributed by atoms with Crippen molar-refractivity contribution in [3.8, 4) is 0 Å². The van der Waals surface area contributed by atoms with Gasteiger partial charge in [-0.15, -0.1) is 0 Å². The van der Waals surface area contributed by atoms with E-state index in [0.717, 1.165) is 19.3 Å². The van der Waals surface area contributed by atoms with Crippen LogP contribution in [0.2, 0.25) is 0 Å². The van der Waals surface area contributed by atoms with E-state index in [1.807, 2.05) is 48.6 Å². The molecule has 0 aromatic carbocycles. The first-order valence-electron chi connectivity index (χ1n) is 9.11. The van der Waals surface area contributed by atoms with E-state index in [9.17, 15) is 9.90 Å². The second kappa shape index (κ2) is 16.1. The molecule has 1 amide bonds. The Morgan fingerprint density at radius 3 is 1.77 bits per heavy atom. The third-order valence-electron chi connectivity index (χ3n) is 2.98. The van der Waals surface area contributed by atoms with Crippen molar-refractivity contribution in [1.29, 1.82) is 0 Å². The van der Waals surface area contributed by atoms with Crippen LogP contribution in [0.5, 0.6) is 0 Å². The number of amides is 1. The molecule has 0 aromatic heterocycles. The average molecular weight is 356 g/mol. The first-order chi connectivity index (χ1) is 12.5. The fourth-order valence-electron chi connectivity index (χ4n) is 1.65. The lowest BCUT2D eigenvalue weighted by molar-refractivity contribution is -0.117. The Labute approximate surface area is 158 Å². The molecule has 0 spiro atoms. The Kier molecular flexibility index (Phi) is 14.6. The van der Waals surface area contributed by atoms with Crippen LogP contribution >= 0.6 is 0 Å². The van der Waals surface area contributed by atoms with E-state index in [-0.39, 0.29) is 12.5 Å². The van der Waals surface area contributed by atoms with Crippen LogP contribution in [-0.2, 0) is 4.79 Å². The third-order valence-corrected chi connectivity index (χ3v) is 2.98. The molecule has 0 bridgehead atoms. The number of nitrogens with one attached hydrogen (secondary N) is 1. The van der Waals surface area contributed by atoms with Gasteiger partial charge in [-0.2, -0.15) is 0 Å². The van der Waals surface area contributed by atoms with Crippen molar-refractivity contribution in [1.82, 2.24) is 5.32 Å². The van der Waals surface area contributed by atoms with Crippen molar-refractivity contribution in [3.63, 3.8) is 0 Å². The molecule has 142 valence electrons. The number of allylic oxidation sites excluding steroid dienone is 13. The van der Waals surface area contributed by atoms with Crippen molar-refractivity contribution in [3.05, 3.63) is 85.1 Å². The first kappa shape index (κ1) is 23.6. The lowest BCUT2D eigenvalue weighted by Gasteiger charge is -2.16. The van der Waals surface area contributed by atoms with Crippen LogP contribution in [-0.4, -0.2) is 23.2 Å². The van der Waals surface area contributed by atoms with Gasteiger partial charge in [0, 0.05) is 12.6 Å². The summed E-state index contributed by atoms with van der Waals surface area (Å²) in [4.78, 5) is 11.5. The van der Waals surface area contributed by atoms with Crippen molar-refractivity contribution < 1.29 is 9.90 Å². The van der Waals surface area contributed by atoms with Gasteiger partial charge >= 0.3 is 0 Å². The van der Waals surface area contributed by atoms with Gasteiger partial charge in [-0.1, -0.05) is 85.9 Å². The number of aliphatic hydroxyl groups is 1. The predicted molar refractivity (Wildman–Crippen MR) is 113 cm³/mol. The van der Waals surface area contributed by atoms with Crippen molar-refractivity contribution >= 4 is 5.91 Å². The maximum atomic E-state index is 11.5. The van der Waals surface area contributed by atoms with Crippen molar-refractivity contribution in [2.24, 2.45) is 0 Å². The van der Waals surface area contributed by atoms with Crippen LogP contribution in [0.3, 0.4) is 0 Å². The fraction of sp³-hybridized carbons (Fsp3) is 0.348. The molecule has 0 aliphatic carbocycles. The summed E-state index contributed by atoms with van der Waals surface area (Å²) >= 11 is 0. The Balaban J connectivity index is 3.81. The lowest BCUT2D eigenvalue weighted by atomic mass is 10.1. The molecule has 3 heteroatoms. The minimum Gasteiger partial charge on any atom is -0.389 e. The summed E-state index contributed by atoms with van der Waals surface area (Å²) in [7, 11) is 0. The normalized spacial score (nSPS) is 13.8. The van der Waals surface area contributed by atoms with Gasteiger partial charge in [-0.3, -0.25) is 4.79 Å². The molecule has 0 heterocycles. The molecule has 0 aliphatic rings. The van der Waals surface area contributed by atoms with E-state index in [1.165, 1.54) is 6.08 Å². The van der Waals surface area contributed by atoms with Crippen LogP contribution in [0.25, 0.3) is 0 Å². The van der Waals surface area contributed by atoms with E-state index in [4.69, 9.17) is 0 Å². The Hall–Kier alpha value is -2.39. The van der Waals surface area contributed by atoms with Crippen LogP contribution in [0, 0.1) is 0 Å². The number of unbranched alkanes of at least 4 members (excludes halogenated alkanes) is 1. The predicted octanol–water partition coefficient (Wildman–Crippen LogP) is 4.96. The molecule has 0 saturated carbocycles. The maximum absolute atomic E-state index is 11.5. The molecule has 3 nitrogen and oxygen atoms in total. The van der Waals surface area contributed by atoms with Gasteiger partial charge in [0.1, 0.15) is 0 Å². The molecule has 0 radical (unpaired) electrons. The van der Waals surface area contributed by atoms with Gasteiger partial charge in [-0.25, -0.2) is 0 Å². The summed E-state index contributed by atoms with van der Waals surface area (Å²) in [5.74, 6) is -0.213. The highest BCUT2D eigenvalue weighted by molar-refractivity contribution is 5.87. The van der Waals surface area contributed by atoms with Crippen LogP contribution in [0.1, 0.15) is 40.0 Å². The minimum atomic E-state index is -0.894. The van der Waals surface area contributed by atoms with Gasteiger partial charge < -0.3 is 10.4 Å². The molecule has 0 saturated heterocycles. The number of rotatable bonds is 12. The molecule has 0 fully saturated rings. The van der Waals surface area contributed by atoms with E-state index in [1.54, 1.807) is 26.0 Å². The highest BCUT2D eigenvalue weighted by Crippen LogP contribution is 1.97. The zero-order valence-electron chi connectivity index (χ0n) is 16.3. The van der Waals surface area contributed by atoms with Crippen molar-refractivity contribution in [2.75, 3.05) is 6.54 Å². The highest BCUT2D eigenvalue weighted by atomic mass is 16.3. The topological polar surface area (TPSA) is 49.3 Å². The molecule has 0 rings (SSSR count). The molecule has 0 aliphatic heterocycles. The fourth-order valence-corrected chi connectivity index (χ4v) is 1.65. The van der Waals surface area contributed by atoms with E-state index < -0.39 is 5.60 Å². The van der Waals surface area contributed by atoms with Crippen LogP contribution in [0.15, 0.2) is 85.1 Å². The smallest absolute Gasteiger partial charge is 0.244 e. The van der Waals surface area contributed by atoms with Gasteiger partial charge in [0.05, 0.1) is 5.60 Å². The number of carbonyl (C=O) groups is 1. The SMILES string of the molecule is CCC=CC=CC=CC=CCCC=CC=CC=CC(=O)NCC(C)(C)O. The summed E-state index contributed by atoms with van der Waals surface area (Å²) < 4.78 is 0. The summed E-state index contributed by atoms with van der Waals surface area (Å²) in [6, 6.07) is 0. The Morgan fingerprint density at radius 2 is 1.27 bits per heavy atom. The number of hydrogen-bond acceptors (Lipinski definition) is 2. The van der Waals surface area contributed by atoms with Crippen LogP contribution < -0.4 is 5.32 Å². The Morgan fingerprint density at radius 1 is 0.808 bits per heavy atom. The monoisotopic (exact) mass is 355 g/mol. The molecule has 26 heavy (non-hydrogen) atoms. The highest BCUT2D eigenvalue weighted by Gasteiger charge is 2.12. The van der Waals surface area contributed by atoms with E-state index >= 15 is 0 Å². The number of carbonyl (C=O) groups excluding carboxylic acids is 1. The Bertz CT molecular complexity index is 568. The summed E-state index contributed by atoms with van der Waals surface area (Å²) in [5.41, 5.74) is -0.894. The average Bonchev–Trinajstić information content (AvgIpc) is 2.59. The lowest BCUT2D eigenvalue weighted by Crippen LogP contribution is -2.37. The van der Waals surface area contributed by atoms with Crippen molar-refractivity contribution in [2.45, 2.75) is 45.6 Å². The molecular weight excluding hydrogens is 322 g/mol. The van der Waals surface area contributed by atoms with Crippen LogP contribution in [0.4, 0.5) is 0 Å². The minimum absolute atomic E-state index is 0.213. The maximum Gasteiger partial charge on any atom is 0.244 e. The standard InChI is InChI=1S/C23H33NO2/c1-4-5-6-7-8-9-10-11-12-13-14-15-16-17-18-19-20-22(25)24-21-23(2,3)26/h5-12,15-20,26H,4,13-14,21H2,1-3H3,(H,24,25). The molecule has 0 aromatic rings. The summed E-state index contributed by atoms with van der Waals surface area (Å²) in [5, 5.41) is 12.1. The summed E-state index contributed by atoms with van der Waals surface area (Å²) in [6.07, 6.45) is 30.3. The zero-order valence-corrected chi connectivity index (χ0v) is 16.3. The quantitative estimate of drug-likeness (QED) is 0.295. The molecule has 0 atom stereocenters. The van der Waals surface area contributed by atoms with E-state index in [2.05, 4.69) is 30.5 Å². The number of hydrogen-bond donors (Lipinski definition) is 2. The van der Waals surface area contributed by atoms with E-state index in [0.29, 0.717) is 0 Å². The van der Waals surface area contributed by atoms with Gasteiger partial charge in [-0.05, 0) is 33.1 Å². The van der Waals surface area contributed by atoms with Gasteiger partial charge in [0.2, 0.25) is 5.91 Å².